The molecule has 0 spiro atoms. The van der Waals surface area contributed by atoms with E-state index >= 15 is 0 Å². The van der Waals surface area contributed by atoms with Crippen LogP contribution in [0, 0.1) is 5.82 Å². The normalized spacial score (nSPS) is 21.2. The Kier molecular flexibility index (Phi) is 3.71. The highest BCUT2D eigenvalue weighted by atomic mass is 79.9. The molecular formula is C15H12BrClFNO. The van der Waals surface area contributed by atoms with Gasteiger partial charge in [-0.3, -0.25) is 0 Å². The summed E-state index contributed by atoms with van der Waals surface area (Å²) in [6.07, 6.45) is 0.422. The second kappa shape index (κ2) is 5.35. The van der Waals surface area contributed by atoms with E-state index in [9.17, 15) is 4.39 Å². The Morgan fingerprint density at radius 3 is 2.75 bits per heavy atom. The van der Waals surface area contributed by atoms with Crippen LogP contribution in [0.4, 0.5) is 4.39 Å². The number of rotatable bonds is 1. The van der Waals surface area contributed by atoms with Gasteiger partial charge < -0.3 is 10.5 Å². The van der Waals surface area contributed by atoms with E-state index in [4.69, 9.17) is 22.1 Å². The van der Waals surface area contributed by atoms with Crippen molar-refractivity contribution >= 4 is 27.5 Å². The van der Waals surface area contributed by atoms with E-state index in [1.54, 1.807) is 6.07 Å². The van der Waals surface area contributed by atoms with Gasteiger partial charge in [-0.05, 0) is 30.3 Å². The van der Waals surface area contributed by atoms with Gasteiger partial charge in [-0.25, -0.2) is 4.39 Å². The van der Waals surface area contributed by atoms with Crippen LogP contribution >= 0.6 is 27.5 Å². The summed E-state index contributed by atoms with van der Waals surface area (Å²) < 4.78 is 20.1. The predicted octanol–water partition coefficient (Wildman–Crippen LogP) is 4.77. The van der Waals surface area contributed by atoms with Crippen molar-refractivity contribution < 1.29 is 9.13 Å². The van der Waals surface area contributed by atoms with Crippen LogP contribution in [0.3, 0.4) is 0 Å². The monoisotopic (exact) mass is 355 g/mol. The summed E-state index contributed by atoms with van der Waals surface area (Å²) >= 11 is 9.43. The van der Waals surface area contributed by atoms with Gasteiger partial charge >= 0.3 is 0 Å². The lowest BCUT2D eigenvalue weighted by Crippen LogP contribution is -2.24. The van der Waals surface area contributed by atoms with Crippen molar-refractivity contribution in [3.05, 3.63) is 62.8 Å². The average Bonchev–Trinajstić information content (AvgIpc) is 2.39. The lowest BCUT2D eigenvalue weighted by atomic mass is 9.93. The highest BCUT2D eigenvalue weighted by Crippen LogP contribution is 2.42. The summed E-state index contributed by atoms with van der Waals surface area (Å²) in [5.41, 5.74) is 7.84. The van der Waals surface area contributed by atoms with Crippen molar-refractivity contribution in [3.63, 3.8) is 0 Å². The fourth-order valence-corrected chi connectivity index (χ4v) is 3.37. The summed E-state index contributed by atoms with van der Waals surface area (Å²) in [5.74, 6) is 0.339. The van der Waals surface area contributed by atoms with Gasteiger partial charge in [0, 0.05) is 33.1 Å². The first-order valence-corrected chi connectivity index (χ1v) is 7.38. The van der Waals surface area contributed by atoms with Crippen molar-refractivity contribution in [1.82, 2.24) is 0 Å². The molecule has 2 aromatic carbocycles. The number of hydrogen-bond donors (Lipinski definition) is 1. The summed E-state index contributed by atoms with van der Waals surface area (Å²) in [6, 6.07) is 9.75. The lowest BCUT2D eigenvalue weighted by Gasteiger charge is -2.31. The molecule has 2 unspecified atom stereocenters. The van der Waals surface area contributed by atoms with Gasteiger partial charge in [0.2, 0.25) is 0 Å². The Balaban J connectivity index is 1.97. The number of hydrogen-bond acceptors (Lipinski definition) is 2. The standard InChI is InChI=1S/C15H12BrClFNO/c16-12-5-8(17)1-3-10(12)15-7-13(19)11-6-9(18)2-4-14(11)20-15/h1-6,13,15H,7,19H2. The maximum absolute atomic E-state index is 13.3. The molecule has 1 aliphatic heterocycles. The maximum atomic E-state index is 13.3. The molecule has 2 aromatic rings. The number of fused-ring (bicyclic) bond motifs is 1. The predicted molar refractivity (Wildman–Crippen MR) is 80.5 cm³/mol. The quantitative estimate of drug-likeness (QED) is 0.799. The summed E-state index contributed by atoms with van der Waals surface area (Å²) in [6.45, 7) is 0. The summed E-state index contributed by atoms with van der Waals surface area (Å²) in [7, 11) is 0. The topological polar surface area (TPSA) is 35.2 Å². The highest BCUT2D eigenvalue weighted by Gasteiger charge is 2.28. The Hall–Kier alpha value is -1.10. The molecule has 5 heteroatoms. The third-order valence-electron chi connectivity index (χ3n) is 3.42. The van der Waals surface area contributed by atoms with Gasteiger partial charge in [0.15, 0.2) is 0 Å². The van der Waals surface area contributed by atoms with Crippen LogP contribution < -0.4 is 10.5 Å². The average molecular weight is 357 g/mol. The van der Waals surface area contributed by atoms with Crippen molar-refractivity contribution in [3.8, 4) is 5.75 Å². The molecule has 0 saturated carbocycles. The van der Waals surface area contributed by atoms with E-state index in [0.29, 0.717) is 22.8 Å². The molecule has 20 heavy (non-hydrogen) atoms. The minimum atomic E-state index is -0.297. The molecule has 2 nitrogen and oxygen atoms in total. The van der Waals surface area contributed by atoms with Gasteiger partial charge in [0.25, 0.3) is 0 Å². The molecule has 1 heterocycles. The molecule has 0 amide bonds. The smallest absolute Gasteiger partial charge is 0.127 e. The fourth-order valence-electron chi connectivity index (χ4n) is 2.43. The van der Waals surface area contributed by atoms with E-state index in [1.165, 1.54) is 12.1 Å². The van der Waals surface area contributed by atoms with E-state index in [1.807, 2.05) is 18.2 Å². The van der Waals surface area contributed by atoms with Crippen LogP contribution in [0.25, 0.3) is 0 Å². The molecule has 1 aliphatic rings. The Bertz CT molecular complexity index is 664. The molecule has 0 saturated heterocycles. The van der Waals surface area contributed by atoms with Gasteiger partial charge in [-0.1, -0.05) is 33.6 Å². The minimum Gasteiger partial charge on any atom is -0.485 e. The van der Waals surface area contributed by atoms with Gasteiger partial charge in [-0.15, -0.1) is 0 Å². The number of halogens is 3. The zero-order valence-corrected chi connectivity index (χ0v) is 12.8. The van der Waals surface area contributed by atoms with E-state index in [-0.39, 0.29) is 18.0 Å². The Morgan fingerprint density at radius 2 is 2.00 bits per heavy atom. The van der Waals surface area contributed by atoms with Gasteiger partial charge in [0.05, 0.1) is 0 Å². The summed E-state index contributed by atoms with van der Waals surface area (Å²) in [5, 5.41) is 0.656. The first-order valence-electron chi connectivity index (χ1n) is 6.21. The Morgan fingerprint density at radius 1 is 1.20 bits per heavy atom. The molecule has 3 rings (SSSR count). The molecule has 104 valence electrons. The lowest BCUT2D eigenvalue weighted by molar-refractivity contribution is 0.160. The Labute approximate surface area is 129 Å². The van der Waals surface area contributed by atoms with Gasteiger partial charge in [0.1, 0.15) is 17.7 Å². The maximum Gasteiger partial charge on any atom is 0.127 e. The molecule has 2 atom stereocenters. The molecular weight excluding hydrogens is 345 g/mol. The SMILES string of the molecule is NC1CC(c2ccc(Cl)cc2Br)Oc2ccc(F)cc21. The van der Waals surface area contributed by atoms with Crippen molar-refractivity contribution in [1.29, 1.82) is 0 Å². The molecule has 2 N–H and O–H groups in total. The zero-order valence-electron chi connectivity index (χ0n) is 10.4. The van der Waals surface area contributed by atoms with Crippen molar-refractivity contribution in [2.75, 3.05) is 0 Å². The molecule has 0 radical (unpaired) electrons. The van der Waals surface area contributed by atoms with E-state index in [2.05, 4.69) is 15.9 Å². The van der Waals surface area contributed by atoms with Crippen LogP contribution in [-0.2, 0) is 0 Å². The van der Waals surface area contributed by atoms with E-state index in [0.717, 1.165) is 10.0 Å². The number of ether oxygens (including phenoxy) is 1. The van der Waals surface area contributed by atoms with Crippen LogP contribution in [0.15, 0.2) is 40.9 Å². The number of benzene rings is 2. The summed E-state index contributed by atoms with van der Waals surface area (Å²) in [4.78, 5) is 0. The fraction of sp³-hybridized carbons (Fsp3) is 0.200. The van der Waals surface area contributed by atoms with Gasteiger partial charge in [-0.2, -0.15) is 0 Å². The largest absolute Gasteiger partial charge is 0.485 e. The number of nitrogens with two attached hydrogens (primary N) is 1. The van der Waals surface area contributed by atoms with Crippen molar-refractivity contribution in [2.24, 2.45) is 5.73 Å². The van der Waals surface area contributed by atoms with Crippen LogP contribution in [-0.4, -0.2) is 0 Å². The molecule has 0 fully saturated rings. The van der Waals surface area contributed by atoms with Crippen LogP contribution in [0.1, 0.15) is 29.7 Å². The molecule has 0 bridgehead atoms. The third kappa shape index (κ3) is 2.55. The third-order valence-corrected chi connectivity index (χ3v) is 4.34. The zero-order chi connectivity index (χ0) is 14.3. The second-order valence-electron chi connectivity index (χ2n) is 4.80. The first-order chi connectivity index (χ1) is 9.54. The highest BCUT2D eigenvalue weighted by molar-refractivity contribution is 9.10. The molecule has 0 aromatic heterocycles. The van der Waals surface area contributed by atoms with Crippen LogP contribution in [0.2, 0.25) is 5.02 Å². The first kappa shape index (κ1) is 13.9. The second-order valence-corrected chi connectivity index (χ2v) is 6.09. The van der Waals surface area contributed by atoms with E-state index < -0.39 is 0 Å². The van der Waals surface area contributed by atoms with Crippen LogP contribution in [0.5, 0.6) is 5.75 Å². The van der Waals surface area contributed by atoms with Crippen molar-refractivity contribution in [2.45, 2.75) is 18.6 Å². The minimum absolute atomic E-state index is 0.172. The molecule has 0 aliphatic carbocycles.